The summed E-state index contributed by atoms with van der Waals surface area (Å²) >= 11 is 17.9. The van der Waals surface area contributed by atoms with Crippen LogP contribution in [0.1, 0.15) is 25.3 Å². The Hall–Kier alpha value is -3.05. The zero-order chi connectivity index (χ0) is 26.9. The number of hydrogen-bond donors (Lipinski definition) is 4. The quantitative estimate of drug-likeness (QED) is 0.134. The first kappa shape index (κ1) is 29.2. The first-order valence-corrected chi connectivity index (χ1v) is 11.8. The van der Waals surface area contributed by atoms with Gasteiger partial charge in [-0.15, -0.1) is 0 Å². The van der Waals surface area contributed by atoms with Crippen molar-refractivity contribution in [1.29, 1.82) is 0 Å². The summed E-state index contributed by atoms with van der Waals surface area (Å²) in [5, 5.41) is 14.2. The zero-order valence-corrected chi connectivity index (χ0v) is 21.6. The molecule has 0 aliphatic heterocycles. The van der Waals surface area contributed by atoms with Crippen LogP contribution in [-0.2, 0) is 20.9 Å². The zero-order valence-electron chi connectivity index (χ0n) is 19.3. The molecule has 194 valence electrons. The van der Waals surface area contributed by atoms with Crippen LogP contribution in [0.25, 0.3) is 0 Å². The average Bonchev–Trinajstić information content (AvgIpc) is 2.81. The summed E-state index contributed by atoms with van der Waals surface area (Å²) in [6.45, 7) is 0.515. The Labute approximate surface area is 223 Å². The SMILES string of the molecule is CC(=O)N(C(=O)COc1ccc(Cl)cc1)[C@](CCCN=C(N)N)(NCc1ccc(Cl)c(Cl)c1)C(=O)O. The lowest BCUT2D eigenvalue weighted by Crippen LogP contribution is -2.67. The number of halogens is 3. The number of nitrogens with zero attached hydrogens (tertiary/aromatic N) is 2. The molecule has 0 aliphatic rings. The third-order valence-electron chi connectivity index (χ3n) is 5.04. The molecule has 2 amide bonds. The molecule has 0 aromatic heterocycles. The van der Waals surface area contributed by atoms with Gasteiger partial charge in [-0.05, 0) is 54.8 Å². The molecule has 0 unspecified atom stereocenters. The molecule has 36 heavy (non-hydrogen) atoms. The number of hydrogen-bond acceptors (Lipinski definition) is 6. The normalized spacial score (nSPS) is 12.3. The van der Waals surface area contributed by atoms with Crippen molar-refractivity contribution in [2.45, 2.75) is 32.0 Å². The molecule has 2 aromatic carbocycles. The Morgan fingerprint density at radius 2 is 1.75 bits per heavy atom. The third kappa shape index (κ3) is 7.99. The van der Waals surface area contributed by atoms with Crippen LogP contribution in [0.2, 0.25) is 15.1 Å². The molecule has 0 heterocycles. The van der Waals surface area contributed by atoms with Gasteiger partial charge in [0.05, 0.1) is 10.0 Å². The topological polar surface area (TPSA) is 160 Å². The van der Waals surface area contributed by atoms with E-state index in [2.05, 4.69) is 10.3 Å². The van der Waals surface area contributed by atoms with Crippen LogP contribution in [0.4, 0.5) is 0 Å². The number of amides is 2. The van der Waals surface area contributed by atoms with Crippen LogP contribution in [0.15, 0.2) is 47.5 Å². The Morgan fingerprint density at radius 1 is 1.08 bits per heavy atom. The van der Waals surface area contributed by atoms with Gasteiger partial charge in [-0.1, -0.05) is 40.9 Å². The average molecular weight is 559 g/mol. The molecule has 0 aliphatic carbocycles. The minimum atomic E-state index is -2.14. The number of carbonyl (C=O) groups excluding carboxylic acids is 2. The maximum atomic E-state index is 13.2. The smallest absolute Gasteiger partial charge is 0.345 e. The number of carboxylic acids is 1. The number of aliphatic carboxylic acids is 1. The molecule has 0 bridgehead atoms. The predicted molar refractivity (Wildman–Crippen MR) is 138 cm³/mol. The Kier molecular flexibility index (Phi) is 10.8. The number of ether oxygens (including phenoxy) is 1. The van der Waals surface area contributed by atoms with Crippen LogP contribution >= 0.6 is 34.8 Å². The maximum absolute atomic E-state index is 13.2. The highest BCUT2D eigenvalue weighted by Gasteiger charge is 2.48. The lowest BCUT2D eigenvalue weighted by molar-refractivity contribution is -0.170. The summed E-state index contributed by atoms with van der Waals surface area (Å²) in [5.74, 6) is -2.99. The van der Waals surface area contributed by atoms with E-state index in [1.165, 1.54) is 12.1 Å². The number of nitrogens with two attached hydrogens (primary N) is 2. The van der Waals surface area contributed by atoms with Crippen LogP contribution < -0.4 is 21.5 Å². The monoisotopic (exact) mass is 557 g/mol. The lowest BCUT2D eigenvalue weighted by atomic mass is 9.99. The number of nitrogens with one attached hydrogen (secondary N) is 1. The summed E-state index contributed by atoms with van der Waals surface area (Å²) in [4.78, 5) is 43.0. The van der Waals surface area contributed by atoms with Crippen LogP contribution in [0.5, 0.6) is 5.75 Å². The number of carboxylic acid groups (broad SMARTS) is 1. The van der Waals surface area contributed by atoms with E-state index in [1.54, 1.807) is 30.3 Å². The lowest BCUT2D eigenvalue weighted by Gasteiger charge is -2.39. The number of guanidine groups is 1. The Bertz CT molecular complexity index is 1130. The van der Waals surface area contributed by atoms with Crippen LogP contribution in [-0.4, -0.2) is 52.6 Å². The summed E-state index contributed by atoms with van der Waals surface area (Å²) in [7, 11) is 0. The number of aliphatic imine (C=N–C) groups is 1. The largest absolute Gasteiger partial charge is 0.484 e. The molecule has 6 N–H and O–H groups in total. The van der Waals surface area contributed by atoms with Gasteiger partial charge in [-0.2, -0.15) is 0 Å². The number of imide groups is 1. The van der Waals surface area contributed by atoms with Gasteiger partial charge in [0.15, 0.2) is 18.2 Å². The van der Waals surface area contributed by atoms with Gasteiger partial charge in [0.25, 0.3) is 5.91 Å². The van der Waals surface area contributed by atoms with Crippen molar-refractivity contribution in [1.82, 2.24) is 10.2 Å². The summed E-state index contributed by atoms with van der Waals surface area (Å²) < 4.78 is 5.47. The van der Waals surface area contributed by atoms with Crippen molar-refractivity contribution in [3.63, 3.8) is 0 Å². The number of rotatable bonds is 12. The molecule has 0 saturated heterocycles. The molecular weight excluding hydrogens is 533 g/mol. The van der Waals surface area contributed by atoms with Crippen molar-refractivity contribution >= 4 is 58.5 Å². The van der Waals surface area contributed by atoms with Crippen molar-refractivity contribution in [2.24, 2.45) is 16.5 Å². The molecule has 1 atom stereocenters. The second kappa shape index (κ2) is 13.3. The van der Waals surface area contributed by atoms with Gasteiger partial charge >= 0.3 is 5.97 Å². The number of carbonyl (C=O) groups is 3. The van der Waals surface area contributed by atoms with Gasteiger partial charge in [0.2, 0.25) is 5.91 Å². The van der Waals surface area contributed by atoms with Gasteiger partial charge in [-0.25, -0.2) is 9.69 Å². The molecule has 2 aromatic rings. The molecule has 0 fully saturated rings. The first-order valence-electron chi connectivity index (χ1n) is 10.7. The Morgan fingerprint density at radius 3 is 2.31 bits per heavy atom. The summed E-state index contributed by atoms with van der Waals surface area (Å²) in [6.07, 6.45) is -0.0691. The maximum Gasteiger partial charge on any atom is 0.345 e. The second-order valence-electron chi connectivity index (χ2n) is 7.67. The van der Waals surface area contributed by atoms with Crippen molar-refractivity contribution in [2.75, 3.05) is 13.2 Å². The van der Waals surface area contributed by atoms with Gasteiger partial charge in [0, 0.05) is 25.0 Å². The third-order valence-corrected chi connectivity index (χ3v) is 6.03. The van der Waals surface area contributed by atoms with E-state index in [1.807, 2.05) is 0 Å². The second-order valence-corrected chi connectivity index (χ2v) is 8.92. The van der Waals surface area contributed by atoms with Crippen molar-refractivity contribution in [3.05, 3.63) is 63.1 Å². The van der Waals surface area contributed by atoms with E-state index >= 15 is 0 Å². The van der Waals surface area contributed by atoms with Gasteiger partial charge in [0.1, 0.15) is 5.75 Å². The molecule has 0 radical (unpaired) electrons. The molecular formula is C23H26Cl3N5O5. The van der Waals surface area contributed by atoms with E-state index in [0.717, 1.165) is 6.92 Å². The van der Waals surface area contributed by atoms with E-state index in [0.29, 0.717) is 26.3 Å². The van der Waals surface area contributed by atoms with Crippen LogP contribution in [0.3, 0.4) is 0 Å². The molecule has 0 spiro atoms. The van der Waals surface area contributed by atoms with E-state index in [4.69, 9.17) is 51.0 Å². The molecule has 0 saturated carbocycles. The van der Waals surface area contributed by atoms with E-state index < -0.39 is 30.1 Å². The fourth-order valence-electron chi connectivity index (χ4n) is 3.40. The highest BCUT2D eigenvalue weighted by atomic mass is 35.5. The van der Waals surface area contributed by atoms with E-state index in [9.17, 15) is 19.5 Å². The van der Waals surface area contributed by atoms with E-state index in [-0.39, 0.29) is 36.9 Å². The fourth-order valence-corrected chi connectivity index (χ4v) is 3.84. The van der Waals surface area contributed by atoms with Gasteiger partial charge < -0.3 is 21.3 Å². The van der Waals surface area contributed by atoms with Gasteiger partial charge in [-0.3, -0.25) is 19.9 Å². The van der Waals surface area contributed by atoms with Crippen molar-refractivity contribution in [3.8, 4) is 5.75 Å². The molecule has 10 nitrogen and oxygen atoms in total. The standard InChI is InChI=1S/C23H26Cl3N5O5/c1-14(32)31(20(33)13-36-17-6-4-16(24)5-7-17)23(21(34)35,9-2-10-29-22(27)28)30-12-15-3-8-18(25)19(26)11-15/h3-8,11,30H,2,9-10,12-13H2,1H3,(H,34,35)(H4,27,28,29)/t23-/m0/s1. The van der Waals surface area contributed by atoms with Crippen LogP contribution in [0, 0.1) is 0 Å². The summed E-state index contributed by atoms with van der Waals surface area (Å²) in [5.41, 5.74) is 9.14. The minimum Gasteiger partial charge on any atom is -0.484 e. The minimum absolute atomic E-state index is 0.0550. The first-order chi connectivity index (χ1) is 17.0. The van der Waals surface area contributed by atoms with Crippen molar-refractivity contribution < 1.29 is 24.2 Å². The summed E-state index contributed by atoms with van der Waals surface area (Å²) in [6, 6.07) is 10.9. The fraction of sp³-hybridized carbons (Fsp3) is 0.304. The predicted octanol–water partition coefficient (Wildman–Crippen LogP) is 3.03. The molecule has 2 rings (SSSR count). The highest BCUT2D eigenvalue weighted by Crippen LogP contribution is 2.26. The Balaban J connectivity index is 2.37. The number of benzene rings is 2. The highest BCUT2D eigenvalue weighted by molar-refractivity contribution is 6.42. The molecule has 13 heteroatoms.